The lowest BCUT2D eigenvalue weighted by atomic mass is 10.1. The molecule has 4 heteroatoms. The lowest BCUT2D eigenvalue weighted by Gasteiger charge is -2.38. The topological polar surface area (TPSA) is 23.6 Å². The molecule has 3 rings (SSSR count). The predicted molar refractivity (Wildman–Crippen MR) is 83.8 cm³/mol. The van der Waals surface area contributed by atoms with Gasteiger partial charge in [0.1, 0.15) is 0 Å². The Morgan fingerprint density at radius 3 is 2.30 bits per heavy atom. The smallest absolute Gasteiger partial charge is 0.253 e. The van der Waals surface area contributed by atoms with Gasteiger partial charge in [0.15, 0.2) is 0 Å². The van der Waals surface area contributed by atoms with Crippen molar-refractivity contribution in [1.29, 1.82) is 0 Å². The number of nitrogens with zero attached hydrogens (tertiary/aromatic N) is 2. The minimum Gasteiger partial charge on any atom is -0.336 e. The van der Waals surface area contributed by atoms with Gasteiger partial charge in [-0.25, -0.2) is 0 Å². The second kappa shape index (κ2) is 5.86. The number of carbonyl (C=O) groups excluding carboxylic acids is 1. The van der Waals surface area contributed by atoms with Gasteiger partial charge in [-0.05, 0) is 49.9 Å². The Hall–Kier alpha value is -0.870. The van der Waals surface area contributed by atoms with Gasteiger partial charge in [-0.1, -0.05) is 15.9 Å². The molecule has 1 aliphatic heterocycles. The van der Waals surface area contributed by atoms with Crippen LogP contribution in [0.2, 0.25) is 0 Å². The molecule has 108 valence electrons. The molecule has 2 aliphatic rings. The Bertz CT molecular complexity index is 476. The van der Waals surface area contributed by atoms with Crippen LogP contribution in [0.25, 0.3) is 0 Å². The van der Waals surface area contributed by atoms with Crippen LogP contribution in [0.5, 0.6) is 0 Å². The molecule has 0 N–H and O–H groups in total. The fourth-order valence-electron chi connectivity index (χ4n) is 2.98. The number of hydrogen-bond donors (Lipinski definition) is 0. The van der Waals surface area contributed by atoms with Crippen LogP contribution in [-0.4, -0.2) is 47.9 Å². The van der Waals surface area contributed by atoms with Crippen molar-refractivity contribution in [2.24, 2.45) is 5.92 Å². The van der Waals surface area contributed by atoms with Gasteiger partial charge in [0.05, 0.1) is 0 Å². The van der Waals surface area contributed by atoms with E-state index in [0.29, 0.717) is 6.04 Å². The lowest BCUT2D eigenvalue weighted by Crippen LogP contribution is -2.51. The Kier molecular flexibility index (Phi) is 4.13. The van der Waals surface area contributed by atoms with Gasteiger partial charge in [-0.2, -0.15) is 0 Å². The minimum absolute atomic E-state index is 0.163. The zero-order valence-electron chi connectivity index (χ0n) is 11.9. The highest BCUT2D eigenvalue weighted by Gasteiger charge is 2.34. The maximum absolute atomic E-state index is 12.4. The van der Waals surface area contributed by atoms with Crippen LogP contribution in [0.15, 0.2) is 28.7 Å². The number of amides is 1. The van der Waals surface area contributed by atoms with Crippen molar-refractivity contribution in [3.8, 4) is 0 Å². The third kappa shape index (κ3) is 3.07. The number of rotatable bonds is 3. The van der Waals surface area contributed by atoms with E-state index in [2.05, 4.69) is 27.8 Å². The molecule has 1 amide bonds. The summed E-state index contributed by atoms with van der Waals surface area (Å²) in [5.74, 6) is 1.07. The molecule has 2 fully saturated rings. The van der Waals surface area contributed by atoms with Crippen LogP contribution in [-0.2, 0) is 0 Å². The fourth-order valence-corrected chi connectivity index (χ4v) is 3.25. The molecule has 20 heavy (non-hydrogen) atoms. The van der Waals surface area contributed by atoms with Gasteiger partial charge in [0, 0.05) is 42.3 Å². The van der Waals surface area contributed by atoms with Crippen LogP contribution in [0.3, 0.4) is 0 Å². The first-order chi connectivity index (χ1) is 9.65. The Balaban J connectivity index is 1.57. The summed E-state index contributed by atoms with van der Waals surface area (Å²) >= 11 is 3.40. The van der Waals surface area contributed by atoms with Gasteiger partial charge in [0.25, 0.3) is 5.91 Å². The normalized spacial score (nSPS) is 21.8. The predicted octanol–water partition coefficient (Wildman–Crippen LogP) is 3.01. The number of carbonyl (C=O) groups is 1. The molecule has 1 heterocycles. The summed E-state index contributed by atoms with van der Waals surface area (Å²) < 4.78 is 1.01. The molecule has 0 radical (unpaired) electrons. The van der Waals surface area contributed by atoms with E-state index >= 15 is 0 Å². The van der Waals surface area contributed by atoms with Gasteiger partial charge < -0.3 is 4.90 Å². The Labute approximate surface area is 129 Å². The van der Waals surface area contributed by atoms with Crippen LogP contribution < -0.4 is 0 Å². The maximum Gasteiger partial charge on any atom is 0.253 e. The third-order valence-electron chi connectivity index (χ3n) is 4.57. The second-order valence-electron chi connectivity index (χ2n) is 5.91. The first-order valence-corrected chi connectivity index (χ1v) is 8.23. The maximum atomic E-state index is 12.4. The first-order valence-electron chi connectivity index (χ1n) is 7.44. The molecule has 1 atom stereocenters. The summed E-state index contributed by atoms with van der Waals surface area (Å²) in [5.41, 5.74) is 0.789. The highest BCUT2D eigenvalue weighted by Crippen LogP contribution is 2.35. The lowest BCUT2D eigenvalue weighted by molar-refractivity contribution is 0.0564. The average molecular weight is 337 g/mol. The SMILES string of the molecule is CC(C1CC1)N1CCN(C(=O)c2ccc(Br)cc2)CC1. The van der Waals surface area contributed by atoms with E-state index in [-0.39, 0.29) is 5.91 Å². The first kappa shape index (κ1) is 14.1. The summed E-state index contributed by atoms with van der Waals surface area (Å²) in [4.78, 5) is 17.0. The van der Waals surface area contributed by atoms with Crippen LogP contribution in [0, 0.1) is 5.92 Å². The molecular weight excluding hydrogens is 316 g/mol. The molecule has 0 spiro atoms. The van der Waals surface area contributed by atoms with Crippen molar-refractivity contribution in [2.45, 2.75) is 25.8 Å². The van der Waals surface area contributed by atoms with Crippen LogP contribution >= 0.6 is 15.9 Å². The van der Waals surface area contributed by atoms with E-state index in [1.807, 2.05) is 29.2 Å². The van der Waals surface area contributed by atoms with Crippen molar-refractivity contribution < 1.29 is 4.79 Å². The summed E-state index contributed by atoms with van der Waals surface area (Å²) in [5, 5.41) is 0. The molecule has 1 aromatic rings. The highest BCUT2D eigenvalue weighted by molar-refractivity contribution is 9.10. The van der Waals surface area contributed by atoms with Gasteiger partial charge in [-0.3, -0.25) is 9.69 Å². The number of halogens is 1. The van der Waals surface area contributed by atoms with E-state index < -0.39 is 0 Å². The molecule has 0 aromatic heterocycles. The van der Waals surface area contributed by atoms with Crippen molar-refractivity contribution in [1.82, 2.24) is 9.80 Å². The van der Waals surface area contributed by atoms with E-state index in [1.165, 1.54) is 12.8 Å². The van der Waals surface area contributed by atoms with E-state index in [0.717, 1.165) is 42.1 Å². The number of benzene rings is 1. The second-order valence-corrected chi connectivity index (χ2v) is 6.83. The van der Waals surface area contributed by atoms with E-state index in [1.54, 1.807) is 0 Å². The molecule has 3 nitrogen and oxygen atoms in total. The largest absolute Gasteiger partial charge is 0.336 e. The average Bonchev–Trinajstić information content (AvgIpc) is 3.31. The van der Waals surface area contributed by atoms with Gasteiger partial charge in [0.2, 0.25) is 0 Å². The summed E-state index contributed by atoms with van der Waals surface area (Å²) in [6, 6.07) is 8.34. The van der Waals surface area contributed by atoms with Crippen molar-refractivity contribution in [3.63, 3.8) is 0 Å². The highest BCUT2D eigenvalue weighted by atomic mass is 79.9. The molecular formula is C16H21BrN2O. The molecule has 0 bridgehead atoms. The molecule has 1 saturated carbocycles. The quantitative estimate of drug-likeness (QED) is 0.847. The summed E-state index contributed by atoms with van der Waals surface area (Å²) in [7, 11) is 0. The van der Waals surface area contributed by atoms with Crippen molar-refractivity contribution >= 4 is 21.8 Å². The Morgan fingerprint density at radius 2 is 1.75 bits per heavy atom. The zero-order valence-corrected chi connectivity index (χ0v) is 13.5. The number of hydrogen-bond acceptors (Lipinski definition) is 2. The van der Waals surface area contributed by atoms with Crippen molar-refractivity contribution in [3.05, 3.63) is 34.3 Å². The standard InChI is InChI=1S/C16H21BrN2O/c1-12(13-2-3-13)18-8-10-19(11-9-18)16(20)14-4-6-15(17)7-5-14/h4-7,12-13H,2-3,8-11H2,1H3. The zero-order chi connectivity index (χ0) is 14.1. The Morgan fingerprint density at radius 1 is 1.15 bits per heavy atom. The fraction of sp³-hybridized carbons (Fsp3) is 0.562. The molecule has 1 unspecified atom stereocenters. The minimum atomic E-state index is 0.163. The number of piperazine rings is 1. The molecule has 1 aliphatic carbocycles. The van der Waals surface area contributed by atoms with Crippen LogP contribution in [0.4, 0.5) is 0 Å². The van der Waals surface area contributed by atoms with Gasteiger partial charge in [-0.15, -0.1) is 0 Å². The van der Waals surface area contributed by atoms with Crippen LogP contribution in [0.1, 0.15) is 30.1 Å². The summed E-state index contributed by atoms with van der Waals surface area (Å²) in [6.07, 6.45) is 2.78. The van der Waals surface area contributed by atoms with Gasteiger partial charge >= 0.3 is 0 Å². The monoisotopic (exact) mass is 336 g/mol. The van der Waals surface area contributed by atoms with E-state index in [9.17, 15) is 4.79 Å². The summed E-state index contributed by atoms with van der Waals surface area (Å²) in [6.45, 7) is 6.07. The molecule has 1 saturated heterocycles. The van der Waals surface area contributed by atoms with Crippen molar-refractivity contribution in [2.75, 3.05) is 26.2 Å². The molecule has 1 aromatic carbocycles. The third-order valence-corrected chi connectivity index (χ3v) is 5.10. The van der Waals surface area contributed by atoms with E-state index in [4.69, 9.17) is 0 Å².